The SMILES string of the molecule is CCNC(=O)[C@H](CC)N(Cc1ccc(Cl)c(Cl)c1)C(=O)Cc1ccccc1. The van der Waals surface area contributed by atoms with Crippen LogP contribution in [0.3, 0.4) is 0 Å². The maximum atomic E-state index is 13.1. The molecule has 0 spiro atoms. The number of hydrogen-bond acceptors (Lipinski definition) is 2. The minimum Gasteiger partial charge on any atom is -0.355 e. The van der Waals surface area contributed by atoms with Crippen LogP contribution >= 0.6 is 23.2 Å². The van der Waals surface area contributed by atoms with E-state index in [-0.39, 0.29) is 24.8 Å². The molecule has 0 aliphatic heterocycles. The van der Waals surface area contributed by atoms with E-state index in [2.05, 4.69) is 5.32 Å². The normalized spacial score (nSPS) is 11.7. The van der Waals surface area contributed by atoms with E-state index in [0.29, 0.717) is 23.0 Å². The monoisotopic (exact) mass is 406 g/mol. The molecule has 0 aliphatic carbocycles. The number of nitrogens with one attached hydrogen (secondary N) is 1. The largest absolute Gasteiger partial charge is 0.355 e. The van der Waals surface area contributed by atoms with E-state index in [4.69, 9.17) is 23.2 Å². The van der Waals surface area contributed by atoms with E-state index < -0.39 is 6.04 Å². The Bertz CT molecular complexity index is 781. The lowest BCUT2D eigenvalue weighted by molar-refractivity contribution is -0.140. The summed E-state index contributed by atoms with van der Waals surface area (Å²) in [6.45, 7) is 4.57. The first kappa shape index (κ1) is 21.3. The molecule has 2 rings (SSSR count). The number of hydrogen-bond donors (Lipinski definition) is 1. The lowest BCUT2D eigenvalue weighted by Gasteiger charge is -2.30. The summed E-state index contributed by atoms with van der Waals surface area (Å²) in [5.74, 6) is -0.258. The van der Waals surface area contributed by atoms with Crippen molar-refractivity contribution < 1.29 is 9.59 Å². The molecule has 2 amide bonds. The molecule has 6 heteroatoms. The molecule has 2 aromatic rings. The molecule has 1 atom stereocenters. The number of carbonyl (C=O) groups is 2. The van der Waals surface area contributed by atoms with Crippen LogP contribution in [-0.2, 0) is 22.6 Å². The standard InChI is InChI=1S/C21H24Cl2N2O2/c1-3-19(21(27)24-4-2)25(14-16-10-11-17(22)18(23)12-16)20(26)13-15-8-6-5-7-9-15/h5-12,19H,3-4,13-14H2,1-2H3,(H,24,27)/t19-/m0/s1. The van der Waals surface area contributed by atoms with Crippen molar-refractivity contribution in [3.63, 3.8) is 0 Å². The molecule has 0 fully saturated rings. The third-order valence-corrected chi connectivity index (χ3v) is 5.01. The minimum absolute atomic E-state index is 0.106. The Kier molecular flexibility index (Phi) is 8.14. The molecular formula is C21H24Cl2N2O2. The van der Waals surface area contributed by atoms with E-state index >= 15 is 0 Å². The van der Waals surface area contributed by atoms with Gasteiger partial charge in [0.1, 0.15) is 6.04 Å². The molecule has 1 N–H and O–H groups in total. The second kappa shape index (κ2) is 10.3. The van der Waals surface area contributed by atoms with Gasteiger partial charge in [0.2, 0.25) is 11.8 Å². The number of carbonyl (C=O) groups excluding carboxylic acids is 2. The van der Waals surface area contributed by atoms with Crippen LogP contribution in [0.4, 0.5) is 0 Å². The van der Waals surface area contributed by atoms with Crippen LogP contribution in [0.1, 0.15) is 31.4 Å². The second-order valence-electron chi connectivity index (χ2n) is 6.25. The molecule has 2 aromatic carbocycles. The first-order chi connectivity index (χ1) is 13.0. The van der Waals surface area contributed by atoms with Crippen molar-refractivity contribution >= 4 is 35.0 Å². The van der Waals surface area contributed by atoms with Crippen molar-refractivity contribution in [1.29, 1.82) is 0 Å². The van der Waals surface area contributed by atoms with Crippen molar-refractivity contribution in [3.8, 4) is 0 Å². The highest BCUT2D eigenvalue weighted by Gasteiger charge is 2.28. The molecule has 0 heterocycles. The van der Waals surface area contributed by atoms with Gasteiger partial charge in [-0.05, 0) is 36.6 Å². The molecule has 27 heavy (non-hydrogen) atoms. The zero-order valence-electron chi connectivity index (χ0n) is 15.5. The van der Waals surface area contributed by atoms with Crippen LogP contribution in [-0.4, -0.2) is 29.3 Å². The molecule has 0 radical (unpaired) electrons. The number of rotatable bonds is 8. The molecule has 0 saturated heterocycles. The summed E-state index contributed by atoms with van der Waals surface area (Å²) in [6, 6.07) is 14.2. The van der Waals surface area contributed by atoms with Crippen molar-refractivity contribution in [2.75, 3.05) is 6.54 Å². The van der Waals surface area contributed by atoms with E-state index in [1.54, 1.807) is 17.0 Å². The molecule has 0 saturated carbocycles. The summed E-state index contributed by atoms with van der Waals surface area (Å²) < 4.78 is 0. The second-order valence-corrected chi connectivity index (χ2v) is 7.07. The molecule has 144 valence electrons. The molecule has 0 bridgehead atoms. The topological polar surface area (TPSA) is 49.4 Å². The Hall–Kier alpha value is -2.04. The summed E-state index contributed by atoms with van der Waals surface area (Å²) in [7, 11) is 0. The Balaban J connectivity index is 2.29. The summed E-state index contributed by atoms with van der Waals surface area (Å²) >= 11 is 12.1. The fourth-order valence-corrected chi connectivity index (χ4v) is 3.24. The Morgan fingerprint density at radius 3 is 2.30 bits per heavy atom. The van der Waals surface area contributed by atoms with Crippen molar-refractivity contribution in [2.45, 2.75) is 39.3 Å². The minimum atomic E-state index is -0.546. The van der Waals surface area contributed by atoms with Gasteiger partial charge in [-0.15, -0.1) is 0 Å². The molecule has 4 nitrogen and oxygen atoms in total. The van der Waals surface area contributed by atoms with Gasteiger partial charge in [0.05, 0.1) is 16.5 Å². The summed E-state index contributed by atoms with van der Waals surface area (Å²) in [6.07, 6.45) is 0.756. The highest BCUT2D eigenvalue weighted by molar-refractivity contribution is 6.42. The van der Waals surface area contributed by atoms with Gasteiger partial charge < -0.3 is 10.2 Å². The highest BCUT2D eigenvalue weighted by Crippen LogP contribution is 2.24. The summed E-state index contributed by atoms with van der Waals surface area (Å²) in [5, 5.41) is 3.71. The van der Waals surface area contributed by atoms with Crippen LogP contribution in [0.15, 0.2) is 48.5 Å². The average molecular weight is 407 g/mol. The van der Waals surface area contributed by atoms with E-state index in [1.165, 1.54) is 0 Å². The number of amides is 2. The zero-order valence-corrected chi connectivity index (χ0v) is 17.1. The first-order valence-electron chi connectivity index (χ1n) is 9.01. The third kappa shape index (κ3) is 5.98. The molecule has 0 aromatic heterocycles. The molecule has 0 aliphatic rings. The average Bonchev–Trinajstić information content (AvgIpc) is 2.65. The number of likely N-dealkylation sites (N-methyl/N-ethyl adjacent to an activating group) is 1. The van der Waals surface area contributed by atoms with E-state index in [0.717, 1.165) is 11.1 Å². The van der Waals surface area contributed by atoms with Crippen LogP contribution in [0.25, 0.3) is 0 Å². The lowest BCUT2D eigenvalue weighted by Crippen LogP contribution is -2.49. The number of halogens is 2. The molecule has 0 unspecified atom stereocenters. The Morgan fingerprint density at radius 2 is 1.70 bits per heavy atom. The number of benzene rings is 2. The maximum Gasteiger partial charge on any atom is 0.242 e. The van der Waals surface area contributed by atoms with Crippen LogP contribution in [0, 0.1) is 0 Å². The quantitative estimate of drug-likeness (QED) is 0.702. The third-order valence-electron chi connectivity index (χ3n) is 4.27. The smallest absolute Gasteiger partial charge is 0.242 e. The van der Waals surface area contributed by atoms with Gasteiger partial charge in [-0.2, -0.15) is 0 Å². The van der Waals surface area contributed by atoms with Crippen molar-refractivity contribution in [2.24, 2.45) is 0 Å². The zero-order chi connectivity index (χ0) is 19.8. The molecular weight excluding hydrogens is 383 g/mol. The van der Waals surface area contributed by atoms with Gasteiger partial charge in [-0.3, -0.25) is 9.59 Å². The van der Waals surface area contributed by atoms with E-state index in [9.17, 15) is 9.59 Å². The van der Waals surface area contributed by atoms with Gasteiger partial charge in [0.25, 0.3) is 0 Å². The van der Waals surface area contributed by atoms with Gasteiger partial charge in [0, 0.05) is 13.1 Å². The number of nitrogens with zero attached hydrogens (tertiary/aromatic N) is 1. The summed E-state index contributed by atoms with van der Waals surface area (Å²) in [4.78, 5) is 27.2. The van der Waals surface area contributed by atoms with Crippen LogP contribution in [0.5, 0.6) is 0 Å². The lowest BCUT2D eigenvalue weighted by atomic mass is 10.1. The van der Waals surface area contributed by atoms with Gasteiger partial charge in [-0.25, -0.2) is 0 Å². The fraction of sp³-hybridized carbons (Fsp3) is 0.333. The fourth-order valence-electron chi connectivity index (χ4n) is 2.92. The van der Waals surface area contributed by atoms with Gasteiger partial charge >= 0.3 is 0 Å². The Morgan fingerprint density at radius 1 is 1.00 bits per heavy atom. The highest BCUT2D eigenvalue weighted by atomic mass is 35.5. The first-order valence-corrected chi connectivity index (χ1v) is 9.76. The predicted octanol–water partition coefficient (Wildman–Crippen LogP) is 4.48. The van der Waals surface area contributed by atoms with Crippen LogP contribution in [0.2, 0.25) is 10.0 Å². The van der Waals surface area contributed by atoms with Gasteiger partial charge in [-0.1, -0.05) is 66.5 Å². The van der Waals surface area contributed by atoms with Crippen LogP contribution < -0.4 is 5.32 Å². The van der Waals surface area contributed by atoms with Crippen molar-refractivity contribution in [1.82, 2.24) is 10.2 Å². The predicted molar refractivity (Wildman–Crippen MR) is 110 cm³/mol. The van der Waals surface area contributed by atoms with E-state index in [1.807, 2.05) is 50.2 Å². The maximum absolute atomic E-state index is 13.1. The summed E-state index contributed by atoms with van der Waals surface area (Å²) in [5.41, 5.74) is 1.74. The Labute approximate surface area is 170 Å². The van der Waals surface area contributed by atoms with Crippen molar-refractivity contribution in [3.05, 3.63) is 69.7 Å². The van der Waals surface area contributed by atoms with Gasteiger partial charge in [0.15, 0.2) is 0 Å².